The molecule has 0 aliphatic rings. The van der Waals surface area contributed by atoms with E-state index >= 15 is 0 Å². The minimum Gasteiger partial charge on any atom is -0.399 e. The summed E-state index contributed by atoms with van der Waals surface area (Å²) in [5.41, 5.74) is 7.31. The molecule has 0 saturated carbocycles. The molecule has 3 N–H and O–H groups in total. The van der Waals surface area contributed by atoms with Crippen LogP contribution >= 0.6 is 0 Å². The molecule has 0 radical (unpaired) electrons. The highest BCUT2D eigenvalue weighted by molar-refractivity contribution is 5.91. The summed E-state index contributed by atoms with van der Waals surface area (Å²) in [7, 11) is 0. The molecule has 0 fully saturated rings. The number of anilines is 2. The van der Waals surface area contributed by atoms with Crippen LogP contribution < -0.4 is 11.1 Å². The first-order valence-corrected chi connectivity index (χ1v) is 6.54. The quantitative estimate of drug-likeness (QED) is 0.820. The van der Waals surface area contributed by atoms with Gasteiger partial charge < -0.3 is 11.1 Å². The Balaban J connectivity index is 1.82. The van der Waals surface area contributed by atoms with Crippen LogP contribution in [0.3, 0.4) is 0 Å². The summed E-state index contributed by atoms with van der Waals surface area (Å²) in [4.78, 5) is 11.7. The number of carbonyl (C=O) groups excluding carboxylic acids is 1. The Morgan fingerprint density at radius 2 is 1.90 bits per heavy atom. The van der Waals surface area contributed by atoms with E-state index in [4.69, 9.17) is 5.73 Å². The third-order valence-corrected chi connectivity index (χ3v) is 2.98. The summed E-state index contributed by atoms with van der Waals surface area (Å²) in [6.07, 6.45) is 1.90. The molecule has 0 aromatic heterocycles. The van der Waals surface area contributed by atoms with Gasteiger partial charge in [-0.3, -0.25) is 4.79 Å². The lowest BCUT2D eigenvalue weighted by molar-refractivity contribution is -0.116. The molecule has 1 amide bonds. The summed E-state index contributed by atoms with van der Waals surface area (Å²) in [6, 6.07) is 14.1. The van der Waals surface area contributed by atoms with Gasteiger partial charge in [0, 0.05) is 12.1 Å². The van der Waals surface area contributed by atoms with Gasteiger partial charge in [-0.15, -0.1) is 0 Å². The molecular weight excluding hydrogens is 255 g/mol. The standard InChI is InChI=1S/C16H17FN2O/c17-14-10-9-13(18)11-15(14)19-16(20)8-4-7-12-5-2-1-3-6-12/h1-3,5-6,9-11H,4,7-8,18H2,(H,19,20). The largest absolute Gasteiger partial charge is 0.399 e. The van der Waals surface area contributed by atoms with Crippen LogP contribution in [0.2, 0.25) is 0 Å². The number of rotatable bonds is 5. The van der Waals surface area contributed by atoms with Crippen molar-refractivity contribution in [1.82, 2.24) is 0 Å². The second-order valence-electron chi connectivity index (χ2n) is 4.63. The summed E-state index contributed by atoms with van der Waals surface area (Å²) in [5.74, 6) is -0.680. The highest BCUT2D eigenvalue weighted by Crippen LogP contribution is 2.17. The van der Waals surface area contributed by atoms with Crippen molar-refractivity contribution in [1.29, 1.82) is 0 Å². The average molecular weight is 272 g/mol. The fraction of sp³-hybridized carbons (Fsp3) is 0.188. The smallest absolute Gasteiger partial charge is 0.224 e. The Kier molecular flexibility index (Phi) is 4.71. The molecule has 0 aliphatic heterocycles. The van der Waals surface area contributed by atoms with E-state index in [0.717, 1.165) is 12.8 Å². The first-order chi connectivity index (χ1) is 9.65. The van der Waals surface area contributed by atoms with Crippen LogP contribution in [0.5, 0.6) is 0 Å². The summed E-state index contributed by atoms with van der Waals surface area (Å²) in [6.45, 7) is 0. The molecule has 0 spiro atoms. The van der Waals surface area contributed by atoms with E-state index in [0.29, 0.717) is 12.1 Å². The van der Waals surface area contributed by atoms with Crippen molar-refractivity contribution in [3.63, 3.8) is 0 Å². The molecular formula is C16H17FN2O. The normalized spacial score (nSPS) is 10.2. The number of nitrogen functional groups attached to an aromatic ring is 1. The van der Waals surface area contributed by atoms with E-state index in [1.54, 1.807) is 0 Å². The molecule has 0 aliphatic carbocycles. The van der Waals surface area contributed by atoms with E-state index in [-0.39, 0.29) is 11.6 Å². The number of halogens is 1. The van der Waals surface area contributed by atoms with Crippen molar-refractivity contribution in [3.8, 4) is 0 Å². The lowest BCUT2D eigenvalue weighted by atomic mass is 10.1. The number of carbonyl (C=O) groups is 1. The van der Waals surface area contributed by atoms with E-state index in [9.17, 15) is 9.18 Å². The molecule has 0 bridgehead atoms. The second-order valence-corrected chi connectivity index (χ2v) is 4.63. The van der Waals surface area contributed by atoms with Crippen molar-refractivity contribution in [3.05, 3.63) is 59.9 Å². The minimum atomic E-state index is -0.476. The Bertz CT molecular complexity index is 584. The molecule has 20 heavy (non-hydrogen) atoms. The van der Waals surface area contributed by atoms with Gasteiger partial charge in [-0.1, -0.05) is 30.3 Å². The van der Waals surface area contributed by atoms with Gasteiger partial charge in [0.25, 0.3) is 0 Å². The molecule has 2 rings (SSSR count). The predicted molar refractivity (Wildman–Crippen MR) is 78.8 cm³/mol. The molecule has 3 nitrogen and oxygen atoms in total. The summed E-state index contributed by atoms with van der Waals surface area (Å²) >= 11 is 0. The predicted octanol–water partition coefficient (Wildman–Crippen LogP) is 3.37. The van der Waals surface area contributed by atoms with Crippen LogP contribution in [0.25, 0.3) is 0 Å². The van der Waals surface area contributed by atoms with Gasteiger partial charge in [-0.05, 0) is 36.6 Å². The Hall–Kier alpha value is -2.36. The van der Waals surface area contributed by atoms with Crippen molar-refractivity contribution in [2.45, 2.75) is 19.3 Å². The third-order valence-electron chi connectivity index (χ3n) is 2.98. The lowest BCUT2D eigenvalue weighted by Gasteiger charge is -2.07. The molecule has 0 saturated heterocycles. The van der Waals surface area contributed by atoms with Crippen LogP contribution in [0.15, 0.2) is 48.5 Å². The zero-order valence-electron chi connectivity index (χ0n) is 11.1. The van der Waals surface area contributed by atoms with Crippen molar-refractivity contribution in [2.75, 3.05) is 11.1 Å². The van der Waals surface area contributed by atoms with Crippen molar-refractivity contribution < 1.29 is 9.18 Å². The fourth-order valence-electron chi connectivity index (χ4n) is 1.95. The monoisotopic (exact) mass is 272 g/mol. The van der Waals surface area contributed by atoms with Crippen LogP contribution in [0.4, 0.5) is 15.8 Å². The third kappa shape index (κ3) is 4.09. The molecule has 2 aromatic rings. The highest BCUT2D eigenvalue weighted by Gasteiger charge is 2.07. The maximum Gasteiger partial charge on any atom is 0.224 e. The molecule has 4 heteroatoms. The Morgan fingerprint density at radius 1 is 1.15 bits per heavy atom. The molecule has 0 atom stereocenters. The van der Waals surface area contributed by atoms with Crippen LogP contribution in [-0.4, -0.2) is 5.91 Å². The molecule has 0 heterocycles. The number of hydrogen-bond donors (Lipinski definition) is 2. The molecule has 2 aromatic carbocycles. The van der Waals surface area contributed by atoms with Gasteiger partial charge in [0.2, 0.25) is 5.91 Å². The van der Waals surface area contributed by atoms with Gasteiger partial charge in [-0.2, -0.15) is 0 Å². The first-order valence-electron chi connectivity index (χ1n) is 6.54. The van der Waals surface area contributed by atoms with E-state index < -0.39 is 5.82 Å². The Morgan fingerprint density at radius 3 is 2.65 bits per heavy atom. The number of aryl methyl sites for hydroxylation is 1. The van der Waals surface area contributed by atoms with Crippen molar-refractivity contribution >= 4 is 17.3 Å². The number of amides is 1. The number of nitrogens with two attached hydrogens (primary N) is 1. The van der Waals surface area contributed by atoms with Gasteiger partial charge in [0.15, 0.2) is 0 Å². The minimum absolute atomic E-state index is 0.134. The zero-order valence-corrected chi connectivity index (χ0v) is 11.1. The zero-order chi connectivity index (χ0) is 14.4. The van der Waals surface area contributed by atoms with E-state index in [1.807, 2.05) is 30.3 Å². The number of hydrogen-bond acceptors (Lipinski definition) is 2. The van der Waals surface area contributed by atoms with Gasteiger partial charge >= 0.3 is 0 Å². The van der Waals surface area contributed by atoms with Crippen LogP contribution in [-0.2, 0) is 11.2 Å². The molecule has 104 valence electrons. The maximum atomic E-state index is 13.4. The SMILES string of the molecule is Nc1ccc(F)c(NC(=O)CCCc2ccccc2)c1. The Labute approximate surface area is 117 Å². The van der Waals surface area contributed by atoms with Crippen LogP contribution in [0, 0.1) is 5.82 Å². The van der Waals surface area contributed by atoms with E-state index in [2.05, 4.69) is 5.32 Å². The lowest BCUT2D eigenvalue weighted by Crippen LogP contribution is -2.13. The fourth-order valence-corrected chi connectivity index (χ4v) is 1.95. The summed E-state index contributed by atoms with van der Waals surface area (Å²) in [5, 5.41) is 2.54. The topological polar surface area (TPSA) is 55.1 Å². The number of benzene rings is 2. The molecule has 0 unspecified atom stereocenters. The van der Waals surface area contributed by atoms with Crippen LogP contribution in [0.1, 0.15) is 18.4 Å². The van der Waals surface area contributed by atoms with E-state index in [1.165, 1.54) is 23.8 Å². The van der Waals surface area contributed by atoms with Gasteiger partial charge in [-0.25, -0.2) is 4.39 Å². The number of nitrogens with one attached hydrogen (secondary N) is 1. The first kappa shape index (κ1) is 14.1. The second kappa shape index (κ2) is 6.70. The maximum absolute atomic E-state index is 13.4. The van der Waals surface area contributed by atoms with Crippen molar-refractivity contribution in [2.24, 2.45) is 0 Å². The highest BCUT2D eigenvalue weighted by atomic mass is 19.1. The summed E-state index contributed by atoms with van der Waals surface area (Å²) < 4.78 is 13.4. The van der Waals surface area contributed by atoms with Gasteiger partial charge in [0.05, 0.1) is 5.69 Å². The average Bonchev–Trinajstić information content (AvgIpc) is 2.44. The van der Waals surface area contributed by atoms with Gasteiger partial charge in [0.1, 0.15) is 5.82 Å².